The number of nitrogens with zero attached hydrogens (tertiary/aromatic N) is 5. The lowest BCUT2D eigenvalue weighted by Crippen LogP contribution is -2.10. The first-order chi connectivity index (χ1) is 9.67. The van der Waals surface area contributed by atoms with Crippen LogP contribution in [0.2, 0.25) is 0 Å². The molecule has 0 bridgehead atoms. The van der Waals surface area contributed by atoms with Crippen LogP contribution in [0.1, 0.15) is 0 Å². The number of benzene rings is 1. The summed E-state index contributed by atoms with van der Waals surface area (Å²) in [6, 6.07) is 10.9. The van der Waals surface area contributed by atoms with Gasteiger partial charge in [0.2, 0.25) is 5.71 Å². The number of nitrogens with one attached hydrogen (secondary N) is 1. The second-order valence-corrected chi connectivity index (χ2v) is 4.22. The van der Waals surface area contributed by atoms with Crippen molar-refractivity contribution in [2.75, 3.05) is 24.4 Å². The van der Waals surface area contributed by atoms with Crippen molar-refractivity contribution < 1.29 is 0 Å². The van der Waals surface area contributed by atoms with E-state index in [9.17, 15) is 0 Å². The van der Waals surface area contributed by atoms with Gasteiger partial charge in [-0.1, -0.05) is 0 Å². The van der Waals surface area contributed by atoms with E-state index in [1.807, 2.05) is 43.3 Å². The Balaban J connectivity index is 2.52. The largest absolute Gasteiger partial charge is 0.376 e. The highest BCUT2D eigenvalue weighted by Crippen LogP contribution is 2.29. The summed E-state index contributed by atoms with van der Waals surface area (Å²) in [5, 5.41) is 22.0. The Morgan fingerprint density at radius 2 is 2.00 bits per heavy atom. The number of hydrogen-bond acceptors (Lipinski definition) is 6. The zero-order valence-corrected chi connectivity index (χ0v) is 11.1. The minimum absolute atomic E-state index is 0.223. The molecule has 1 heterocycles. The summed E-state index contributed by atoms with van der Waals surface area (Å²) in [5.74, 6) is 0. The van der Waals surface area contributed by atoms with Crippen molar-refractivity contribution >= 4 is 28.0 Å². The van der Waals surface area contributed by atoms with Crippen LogP contribution < -0.4 is 10.3 Å². The molecule has 0 aliphatic heterocycles. The summed E-state index contributed by atoms with van der Waals surface area (Å²) in [5.41, 5.74) is 5.02. The predicted octanol–water partition coefficient (Wildman–Crippen LogP) is 2.12. The molecule has 98 valence electrons. The highest BCUT2D eigenvalue weighted by atomic mass is 15.3. The molecule has 0 spiro atoms. The summed E-state index contributed by atoms with van der Waals surface area (Å²) in [6.45, 7) is 0. The number of hydrogen-bond donors (Lipinski definition) is 1. The Labute approximate surface area is 116 Å². The molecule has 6 heteroatoms. The monoisotopic (exact) mass is 264 g/mol. The van der Waals surface area contributed by atoms with Crippen LogP contribution in [0.25, 0.3) is 10.9 Å². The molecule has 2 rings (SSSR count). The quantitative estimate of drug-likeness (QED) is 0.677. The number of pyridine rings is 1. The number of rotatable bonds is 3. The van der Waals surface area contributed by atoms with Crippen LogP contribution in [-0.2, 0) is 0 Å². The van der Waals surface area contributed by atoms with Gasteiger partial charge < -0.3 is 4.90 Å². The highest BCUT2D eigenvalue weighted by Gasteiger charge is 2.08. The maximum atomic E-state index is 8.67. The van der Waals surface area contributed by atoms with Gasteiger partial charge in [0.05, 0.1) is 16.9 Å². The molecule has 6 nitrogen and oxygen atoms in total. The number of nitriles is 2. The molecular weight excluding hydrogens is 252 g/mol. The zero-order valence-electron chi connectivity index (χ0n) is 11.1. The minimum atomic E-state index is -0.223. The van der Waals surface area contributed by atoms with Gasteiger partial charge in [0.25, 0.3) is 0 Å². The topological polar surface area (TPSA) is 88.1 Å². The van der Waals surface area contributed by atoms with Crippen LogP contribution in [0.15, 0.2) is 35.6 Å². The van der Waals surface area contributed by atoms with Gasteiger partial charge in [0.1, 0.15) is 12.1 Å². The number of aromatic nitrogens is 1. The Kier molecular flexibility index (Phi) is 3.78. The molecule has 1 aromatic carbocycles. The highest BCUT2D eigenvalue weighted by molar-refractivity contribution is 6.10. The van der Waals surface area contributed by atoms with Crippen molar-refractivity contribution in [3.63, 3.8) is 0 Å². The third kappa shape index (κ3) is 2.50. The third-order valence-corrected chi connectivity index (χ3v) is 2.73. The SMILES string of the molecule is CN(C)c1ccc(NN=C(C#N)C#N)c2cccnc12. The molecule has 0 aliphatic carbocycles. The van der Waals surface area contributed by atoms with Gasteiger partial charge in [0.15, 0.2) is 0 Å². The molecule has 0 unspecified atom stereocenters. The van der Waals surface area contributed by atoms with Crippen LogP contribution in [0.4, 0.5) is 11.4 Å². The fourth-order valence-corrected chi connectivity index (χ4v) is 1.81. The fraction of sp³-hybridized carbons (Fsp3) is 0.143. The van der Waals surface area contributed by atoms with E-state index in [0.29, 0.717) is 5.69 Å². The second kappa shape index (κ2) is 5.68. The van der Waals surface area contributed by atoms with E-state index in [2.05, 4.69) is 15.5 Å². The van der Waals surface area contributed by atoms with Crippen molar-refractivity contribution in [1.29, 1.82) is 10.5 Å². The van der Waals surface area contributed by atoms with Crippen LogP contribution in [0, 0.1) is 22.7 Å². The molecule has 0 amide bonds. The second-order valence-electron chi connectivity index (χ2n) is 4.22. The van der Waals surface area contributed by atoms with Gasteiger partial charge in [-0.05, 0) is 24.3 Å². The zero-order chi connectivity index (χ0) is 14.5. The maximum Gasteiger partial charge on any atom is 0.237 e. The van der Waals surface area contributed by atoms with E-state index in [1.54, 1.807) is 18.3 Å². The van der Waals surface area contributed by atoms with E-state index in [1.165, 1.54) is 0 Å². The molecule has 0 saturated carbocycles. The third-order valence-electron chi connectivity index (χ3n) is 2.73. The average Bonchev–Trinajstić information content (AvgIpc) is 2.47. The van der Waals surface area contributed by atoms with Crippen LogP contribution >= 0.6 is 0 Å². The minimum Gasteiger partial charge on any atom is -0.376 e. The molecule has 0 fully saturated rings. The van der Waals surface area contributed by atoms with Crippen molar-refractivity contribution in [2.24, 2.45) is 5.10 Å². The molecule has 1 N–H and O–H groups in total. The first-order valence-corrected chi connectivity index (χ1v) is 5.86. The summed E-state index contributed by atoms with van der Waals surface area (Å²) in [6.07, 6.45) is 1.72. The predicted molar refractivity (Wildman–Crippen MR) is 78.4 cm³/mol. The van der Waals surface area contributed by atoms with E-state index < -0.39 is 0 Å². The molecule has 0 saturated heterocycles. The Morgan fingerprint density at radius 1 is 1.25 bits per heavy atom. The lowest BCUT2D eigenvalue weighted by molar-refractivity contribution is 1.13. The molecule has 0 radical (unpaired) electrons. The Hall–Kier alpha value is -3.12. The lowest BCUT2D eigenvalue weighted by atomic mass is 10.1. The van der Waals surface area contributed by atoms with Gasteiger partial charge in [-0.15, -0.1) is 0 Å². The molecular formula is C14H12N6. The number of hydrazone groups is 1. The van der Waals surface area contributed by atoms with E-state index in [0.717, 1.165) is 16.6 Å². The number of anilines is 2. The van der Waals surface area contributed by atoms with Gasteiger partial charge in [-0.25, -0.2) is 0 Å². The molecule has 1 aromatic heterocycles. The van der Waals surface area contributed by atoms with Gasteiger partial charge in [-0.2, -0.15) is 15.6 Å². The van der Waals surface area contributed by atoms with E-state index in [-0.39, 0.29) is 5.71 Å². The van der Waals surface area contributed by atoms with Gasteiger partial charge in [-0.3, -0.25) is 10.4 Å². The van der Waals surface area contributed by atoms with E-state index >= 15 is 0 Å². The normalized spacial score (nSPS) is 9.40. The van der Waals surface area contributed by atoms with Gasteiger partial charge in [0, 0.05) is 25.7 Å². The van der Waals surface area contributed by atoms with Crippen molar-refractivity contribution in [1.82, 2.24) is 4.98 Å². The number of fused-ring (bicyclic) bond motifs is 1. The summed E-state index contributed by atoms with van der Waals surface area (Å²) in [4.78, 5) is 6.34. The standard InChI is InChI=1S/C14H12N6/c1-20(2)13-6-5-12(19-18-10(8-15)9-16)11-4-3-7-17-14(11)13/h3-7,19H,1-2H3. The molecule has 2 aromatic rings. The Bertz CT molecular complexity index is 732. The Morgan fingerprint density at radius 3 is 2.65 bits per heavy atom. The molecule has 20 heavy (non-hydrogen) atoms. The first kappa shape index (κ1) is 13.3. The lowest BCUT2D eigenvalue weighted by Gasteiger charge is -2.16. The molecule has 0 aliphatic rings. The van der Waals surface area contributed by atoms with Crippen LogP contribution in [-0.4, -0.2) is 24.8 Å². The molecule has 0 atom stereocenters. The summed E-state index contributed by atoms with van der Waals surface area (Å²) in [7, 11) is 3.89. The fourth-order valence-electron chi connectivity index (χ4n) is 1.81. The van der Waals surface area contributed by atoms with Crippen LogP contribution in [0.5, 0.6) is 0 Å². The smallest absolute Gasteiger partial charge is 0.237 e. The first-order valence-electron chi connectivity index (χ1n) is 5.86. The van der Waals surface area contributed by atoms with Gasteiger partial charge >= 0.3 is 0 Å². The maximum absolute atomic E-state index is 8.67. The van der Waals surface area contributed by atoms with E-state index in [4.69, 9.17) is 10.5 Å². The van der Waals surface area contributed by atoms with Crippen molar-refractivity contribution in [2.45, 2.75) is 0 Å². The van der Waals surface area contributed by atoms with Crippen molar-refractivity contribution in [3.05, 3.63) is 30.5 Å². The summed E-state index contributed by atoms with van der Waals surface area (Å²) >= 11 is 0. The van der Waals surface area contributed by atoms with Crippen molar-refractivity contribution in [3.8, 4) is 12.1 Å². The average molecular weight is 264 g/mol. The van der Waals surface area contributed by atoms with Crippen LogP contribution in [0.3, 0.4) is 0 Å². The summed E-state index contributed by atoms with van der Waals surface area (Å²) < 4.78 is 0.